The highest BCUT2D eigenvalue weighted by Crippen LogP contribution is 2.31. The maximum absolute atomic E-state index is 12.9. The van der Waals surface area contributed by atoms with Crippen LogP contribution in [0.15, 0.2) is 67.1 Å². The average molecular weight is 504 g/mol. The number of hydrogen-bond acceptors (Lipinski definition) is 5. The number of carbonyl (C=O) groups is 1. The van der Waals surface area contributed by atoms with E-state index in [0.29, 0.717) is 18.1 Å². The van der Waals surface area contributed by atoms with Crippen molar-refractivity contribution in [3.63, 3.8) is 0 Å². The molecule has 186 valence electrons. The van der Waals surface area contributed by atoms with Crippen molar-refractivity contribution in [2.75, 3.05) is 18.0 Å². The van der Waals surface area contributed by atoms with Crippen molar-refractivity contribution >= 4 is 28.8 Å². The molecule has 0 spiro atoms. The van der Waals surface area contributed by atoms with Gasteiger partial charge < -0.3 is 15.0 Å². The number of amides is 1. The van der Waals surface area contributed by atoms with Crippen LogP contribution in [0.25, 0.3) is 16.6 Å². The molecule has 0 saturated carbocycles. The summed E-state index contributed by atoms with van der Waals surface area (Å²) in [6, 6.07) is 17.8. The topological polar surface area (TPSA) is 71.8 Å². The van der Waals surface area contributed by atoms with E-state index < -0.39 is 0 Å². The lowest BCUT2D eigenvalue weighted by Gasteiger charge is -2.39. The van der Waals surface area contributed by atoms with E-state index in [1.165, 1.54) is 0 Å². The number of halogens is 1. The van der Waals surface area contributed by atoms with Crippen LogP contribution in [-0.4, -0.2) is 39.7 Å². The molecule has 5 rings (SSSR count). The van der Waals surface area contributed by atoms with Crippen LogP contribution in [0.2, 0.25) is 5.02 Å². The van der Waals surface area contributed by atoms with Gasteiger partial charge in [-0.05, 0) is 61.7 Å². The molecule has 1 atom stereocenters. The second-order valence-electron chi connectivity index (χ2n) is 9.46. The van der Waals surface area contributed by atoms with E-state index in [-0.39, 0.29) is 24.0 Å². The van der Waals surface area contributed by atoms with Gasteiger partial charge in [0.1, 0.15) is 17.6 Å². The van der Waals surface area contributed by atoms with Crippen molar-refractivity contribution in [1.29, 1.82) is 0 Å². The van der Waals surface area contributed by atoms with Gasteiger partial charge in [0, 0.05) is 29.9 Å². The van der Waals surface area contributed by atoms with E-state index >= 15 is 0 Å². The summed E-state index contributed by atoms with van der Waals surface area (Å²) in [5.74, 6) is 1.68. The van der Waals surface area contributed by atoms with Crippen LogP contribution in [0.5, 0.6) is 5.75 Å². The van der Waals surface area contributed by atoms with Gasteiger partial charge in [0.25, 0.3) is 0 Å². The molecule has 1 N–H and O–H groups in total. The summed E-state index contributed by atoms with van der Waals surface area (Å²) < 4.78 is 7.60. The molecule has 7 nitrogen and oxygen atoms in total. The highest BCUT2D eigenvalue weighted by atomic mass is 35.5. The maximum Gasteiger partial charge on any atom is 0.227 e. The summed E-state index contributed by atoms with van der Waals surface area (Å²) in [4.78, 5) is 19.6. The molecule has 1 aliphatic heterocycles. The second kappa shape index (κ2) is 10.2. The van der Waals surface area contributed by atoms with Crippen LogP contribution in [0.4, 0.5) is 5.82 Å². The number of rotatable bonds is 8. The summed E-state index contributed by atoms with van der Waals surface area (Å²) >= 11 is 6.01. The Kier molecular flexibility index (Phi) is 6.83. The number of nitrogens with one attached hydrogen (secondary N) is 1. The largest absolute Gasteiger partial charge is 0.491 e. The number of hydrogen-bond donors (Lipinski definition) is 1. The third-order valence-electron chi connectivity index (χ3n) is 6.49. The minimum Gasteiger partial charge on any atom is -0.491 e. The Hall–Kier alpha value is -3.58. The lowest BCUT2D eigenvalue weighted by atomic mass is 9.97. The number of fused-ring (bicyclic) bond motifs is 1. The van der Waals surface area contributed by atoms with Gasteiger partial charge in [-0.15, -0.1) is 0 Å². The predicted molar refractivity (Wildman–Crippen MR) is 143 cm³/mol. The molecular weight excluding hydrogens is 474 g/mol. The molecular formula is C28H30ClN5O2. The molecule has 3 heterocycles. The number of benzene rings is 2. The first-order chi connectivity index (χ1) is 17.4. The smallest absolute Gasteiger partial charge is 0.227 e. The van der Waals surface area contributed by atoms with Crippen molar-refractivity contribution < 1.29 is 9.53 Å². The molecule has 0 bridgehead atoms. The van der Waals surface area contributed by atoms with Crippen LogP contribution in [0, 0.1) is 5.92 Å². The van der Waals surface area contributed by atoms with Crippen LogP contribution < -0.4 is 15.0 Å². The zero-order valence-corrected chi connectivity index (χ0v) is 21.4. The van der Waals surface area contributed by atoms with E-state index in [4.69, 9.17) is 16.3 Å². The predicted octanol–water partition coefficient (Wildman–Crippen LogP) is 5.54. The van der Waals surface area contributed by atoms with Crippen LogP contribution in [0.3, 0.4) is 0 Å². The van der Waals surface area contributed by atoms with Crippen molar-refractivity contribution in [1.82, 2.24) is 19.9 Å². The number of nitrogens with zero attached hydrogens (tertiary/aromatic N) is 4. The van der Waals surface area contributed by atoms with Gasteiger partial charge in [-0.2, -0.15) is 5.10 Å². The molecule has 1 aliphatic rings. The summed E-state index contributed by atoms with van der Waals surface area (Å²) in [6.07, 6.45) is 4.51. The monoisotopic (exact) mass is 503 g/mol. The fraction of sp³-hybridized carbons (Fsp3) is 0.321. The molecule has 2 aromatic heterocycles. The molecule has 2 aromatic carbocycles. The normalized spacial score (nSPS) is 14.6. The van der Waals surface area contributed by atoms with Gasteiger partial charge in [-0.3, -0.25) is 4.79 Å². The summed E-state index contributed by atoms with van der Waals surface area (Å²) in [6.45, 7) is 7.34. The molecule has 1 fully saturated rings. The highest BCUT2D eigenvalue weighted by molar-refractivity contribution is 6.30. The fourth-order valence-corrected chi connectivity index (χ4v) is 4.67. The molecule has 4 aromatic rings. The summed E-state index contributed by atoms with van der Waals surface area (Å²) in [7, 11) is 0. The van der Waals surface area contributed by atoms with E-state index in [1.54, 1.807) is 6.33 Å². The Morgan fingerprint density at radius 1 is 1.11 bits per heavy atom. The van der Waals surface area contributed by atoms with Crippen LogP contribution in [-0.2, 0) is 4.79 Å². The maximum atomic E-state index is 12.9. The van der Waals surface area contributed by atoms with Crippen molar-refractivity contribution in [3.8, 4) is 16.9 Å². The number of ether oxygens (including phenoxy) is 1. The molecule has 1 saturated heterocycles. The van der Waals surface area contributed by atoms with E-state index in [0.717, 1.165) is 40.2 Å². The van der Waals surface area contributed by atoms with E-state index in [2.05, 4.69) is 45.4 Å². The Morgan fingerprint density at radius 3 is 2.50 bits per heavy atom. The zero-order valence-electron chi connectivity index (χ0n) is 20.7. The molecule has 0 unspecified atom stereocenters. The molecule has 36 heavy (non-hydrogen) atoms. The first kappa shape index (κ1) is 24.1. The molecule has 0 aliphatic carbocycles. The van der Waals surface area contributed by atoms with Gasteiger partial charge >= 0.3 is 0 Å². The lowest BCUT2D eigenvalue weighted by Crippen LogP contribution is -2.54. The number of carbonyl (C=O) groups excluding carboxylic acids is 1. The summed E-state index contributed by atoms with van der Waals surface area (Å²) in [5.41, 5.74) is 4.11. The quantitative estimate of drug-likeness (QED) is 0.342. The van der Waals surface area contributed by atoms with Gasteiger partial charge in [-0.1, -0.05) is 42.8 Å². The average Bonchev–Trinajstić information content (AvgIpc) is 3.27. The SMILES string of the molecule is CC[C@H](NC(=O)C1CN(c2ncnn3cc(-c4ccc(OC(C)C)cc4)cc23)C1)c1ccc(Cl)cc1. The highest BCUT2D eigenvalue weighted by Gasteiger charge is 2.35. The number of anilines is 1. The Balaban J connectivity index is 1.26. The first-order valence-corrected chi connectivity index (χ1v) is 12.7. The third-order valence-corrected chi connectivity index (χ3v) is 6.75. The van der Waals surface area contributed by atoms with E-state index in [1.807, 2.05) is 61.0 Å². The second-order valence-corrected chi connectivity index (χ2v) is 9.89. The van der Waals surface area contributed by atoms with Crippen molar-refractivity contribution in [2.45, 2.75) is 39.3 Å². The zero-order chi connectivity index (χ0) is 25.2. The Bertz CT molecular complexity index is 1340. The van der Waals surface area contributed by atoms with Gasteiger partial charge in [0.2, 0.25) is 5.91 Å². The van der Waals surface area contributed by atoms with Crippen molar-refractivity contribution in [2.24, 2.45) is 5.92 Å². The minimum absolute atomic E-state index is 0.0277. The van der Waals surface area contributed by atoms with Crippen molar-refractivity contribution in [3.05, 3.63) is 77.7 Å². The van der Waals surface area contributed by atoms with Gasteiger partial charge in [0.15, 0.2) is 5.82 Å². The van der Waals surface area contributed by atoms with Crippen LogP contribution in [0.1, 0.15) is 38.8 Å². The molecule has 0 radical (unpaired) electrons. The Morgan fingerprint density at radius 2 is 1.83 bits per heavy atom. The molecule has 1 amide bonds. The van der Waals surface area contributed by atoms with E-state index in [9.17, 15) is 4.79 Å². The summed E-state index contributed by atoms with van der Waals surface area (Å²) in [5, 5.41) is 8.29. The van der Waals surface area contributed by atoms with Crippen LogP contribution >= 0.6 is 11.6 Å². The Labute approximate surface area is 216 Å². The van der Waals surface area contributed by atoms with Gasteiger partial charge in [-0.25, -0.2) is 9.50 Å². The lowest BCUT2D eigenvalue weighted by molar-refractivity contribution is -0.126. The third kappa shape index (κ3) is 5.02. The molecule has 8 heteroatoms. The number of aromatic nitrogens is 3. The minimum atomic E-state index is -0.0794. The van der Waals surface area contributed by atoms with Gasteiger partial charge in [0.05, 0.1) is 18.1 Å². The standard InChI is InChI=1S/C28H30ClN5O2/c1-4-25(20-5-9-23(29)10-6-20)32-28(35)22-14-33(15-22)27-26-13-21(16-34(26)31-17-30-27)19-7-11-24(12-8-19)36-18(2)3/h5-13,16-18,22,25H,4,14-15H2,1-3H3,(H,32,35)/t25-/m0/s1. The first-order valence-electron chi connectivity index (χ1n) is 12.3. The fourth-order valence-electron chi connectivity index (χ4n) is 4.54.